The van der Waals surface area contributed by atoms with Gasteiger partial charge in [0.25, 0.3) is 0 Å². The molecule has 0 amide bonds. The molecule has 0 aromatic carbocycles. The zero-order valence-electron chi connectivity index (χ0n) is 29.1. The molecular weight excluding hydrogens is 578 g/mol. The van der Waals surface area contributed by atoms with Gasteiger partial charge in [0.1, 0.15) is 0 Å². The summed E-state index contributed by atoms with van der Waals surface area (Å²) in [5.74, 6) is 0. The first-order valence-electron chi connectivity index (χ1n) is 18.1. The van der Waals surface area contributed by atoms with Crippen LogP contribution in [0.4, 0.5) is 0 Å². The van der Waals surface area contributed by atoms with Crippen LogP contribution in [-0.2, 0) is 18.9 Å². The van der Waals surface area contributed by atoms with Crippen molar-refractivity contribution in [2.45, 2.75) is 84.0 Å². The summed E-state index contributed by atoms with van der Waals surface area (Å²) in [6.07, 6.45) is 15.5. The van der Waals surface area contributed by atoms with Gasteiger partial charge in [-0.05, 0) is 52.0 Å². The second-order valence-electron chi connectivity index (χ2n) is 11.8. The molecular formula is C34H73N3O8. The predicted molar refractivity (Wildman–Crippen MR) is 182 cm³/mol. The van der Waals surface area contributed by atoms with Crippen molar-refractivity contribution in [3.8, 4) is 0 Å². The molecule has 4 N–H and O–H groups in total. The average Bonchev–Trinajstić information content (AvgIpc) is 3.05. The molecule has 0 rings (SSSR count). The molecule has 45 heavy (non-hydrogen) atoms. The number of nitrogens with zero attached hydrogens (tertiary/aromatic N) is 3. The second kappa shape index (κ2) is 38.0. The molecule has 0 radical (unpaired) electrons. The minimum Gasteiger partial charge on any atom is -0.394 e. The van der Waals surface area contributed by atoms with E-state index in [9.17, 15) is 0 Å². The summed E-state index contributed by atoms with van der Waals surface area (Å²) in [4.78, 5) is 7.33. The Bertz CT molecular complexity index is 496. The zero-order chi connectivity index (χ0) is 32.9. The molecule has 0 spiro atoms. The summed E-state index contributed by atoms with van der Waals surface area (Å²) in [6, 6.07) is 0. The fourth-order valence-electron chi connectivity index (χ4n) is 5.31. The van der Waals surface area contributed by atoms with Gasteiger partial charge in [-0.3, -0.25) is 9.80 Å². The maximum Gasteiger partial charge on any atom is 0.0698 e. The molecule has 11 heteroatoms. The van der Waals surface area contributed by atoms with E-state index < -0.39 is 0 Å². The van der Waals surface area contributed by atoms with Gasteiger partial charge in [-0.1, -0.05) is 64.7 Å². The first-order chi connectivity index (χ1) is 22.2. The second-order valence-corrected chi connectivity index (χ2v) is 11.8. The van der Waals surface area contributed by atoms with Gasteiger partial charge in [0.15, 0.2) is 0 Å². The summed E-state index contributed by atoms with van der Waals surface area (Å²) in [6.45, 7) is 14.5. The molecule has 0 bridgehead atoms. The van der Waals surface area contributed by atoms with Gasteiger partial charge in [0.2, 0.25) is 0 Å². The van der Waals surface area contributed by atoms with Crippen molar-refractivity contribution >= 4 is 0 Å². The Labute approximate surface area is 276 Å². The van der Waals surface area contributed by atoms with E-state index in [0.717, 1.165) is 71.7 Å². The van der Waals surface area contributed by atoms with Crippen molar-refractivity contribution in [2.24, 2.45) is 0 Å². The number of unbranched alkanes of at least 4 members (excludes halogenated alkanes) is 9. The molecule has 0 saturated carbocycles. The van der Waals surface area contributed by atoms with Gasteiger partial charge in [0.05, 0.1) is 79.3 Å². The summed E-state index contributed by atoms with van der Waals surface area (Å²) in [7, 11) is 0. The van der Waals surface area contributed by atoms with Crippen LogP contribution in [-0.4, -0.2) is 173 Å². The lowest BCUT2D eigenvalue weighted by atomic mass is 10.1. The van der Waals surface area contributed by atoms with Gasteiger partial charge in [-0.15, -0.1) is 0 Å². The van der Waals surface area contributed by atoms with Crippen LogP contribution in [0.2, 0.25) is 0 Å². The molecule has 11 nitrogen and oxygen atoms in total. The Morgan fingerprint density at radius 1 is 0.311 bits per heavy atom. The van der Waals surface area contributed by atoms with Gasteiger partial charge in [-0.2, -0.15) is 0 Å². The van der Waals surface area contributed by atoms with Crippen LogP contribution in [0.15, 0.2) is 0 Å². The Kier molecular flexibility index (Phi) is 37.6. The van der Waals surface area contributed by atoms with Crippen molar-refractivity contribution in [3.05, 3.63) is 0 Å². The maximum atomic E-state index is 9.02. The van der Waals surface area contributed by atoms with Gasteiger partial charge in [0, 0.05) is 26.2 Å². The monoisotopic (exact) mass is 652 g/mol. The molecule has 0 atom stereocenters. The molecule has 0 fully saturated rings. The number of hydrogen-bond donors (Lipinski definition) is 4. The zero-order valence-corrected chi connectivity index (χ0v) is 29.1. The van der Waals surface area contributed by atoms with Crippen LogP contribution in [0.25, 0.3) is 0 Å². The third-order valence-electron chi connectivity index (χ3n) is 7.88. The first kappa shape index (κ1) is 44.6. The number of ether oxygens (including phenoxy) is 4. The van der Waals surface area contributed by atoms with E-state index in [4.69, 9.17) is 39.4 Å². The highest BCUT2D eigenvalue weighted by Gasteiger charge is 2.11. The highest BCUT2D eigenvalue weighted by molar-refractivity contribution is 4.66. The lowest BCUT2D eigenvalue weighted by Gasteiger charge is -2.27. The number of rotatable bonds is 39. The minimum atomic E-state index is 0.0380. The molecule has 0 aliphatic rings. The van der Waals surface area contributed by atoms with Crippen molar-refractivity contribution in [3.63, 3.8) is 0 Å². The van der Waals surface area contributed by atoms with E-state index in [1.165, 1.54) is 64.2 Å². The number of hydrogen-bond acceptors (Lipinski definition) is 11. The molecule has 0 heterocycles. The van der Waals surface area contributed by atoms with Crippen LogP contribution >= 0.6 is 0 Å². The highest BCUT2D eigenvalue weighted by Crippen LogP contribution is 2.11. The van der Waals surface area contributed by atoms with Crippen LogP contribution < -0.4 is 0 Å². The quantitative estimate of drug-likeness (QED) is 0.0733. The average molecular weight is 652 g/mol. The van der Waals surface area contributed by atoms with E-state index in [0.29, 0.717) is 52.9 Å². The SMILES string of the molecule is CCCCCCCCCCCCN(CCCN(CCOCCO)CCOCCO)CCCN(CCOCCO)CCOCCO. The van der Waals surface area contributed by atoms with Gasteiger partial charge in [-0.25, -0.2) is 0 Å². The smallest absolute Gasteiger partial charge is 0.0698 e. The van der Waals surface area contributed by atoms with Crippen molar-refractivity contribution in [1.29, 1.82) is 0 Å². The normalized spacial score (nSPS) is 12.0. The van der Waals surface area contributed by atoms with E-state index in [1.54, 1.807) is 0 Å². The topological polar surface area (TPSA) is 128 Å². The van der Waals surface area contributed by atoms with Crippen molar-refractivity contribution < 1.29 is 39.4 Å². The van der Waals surface area contributed by atoms with Crippen LogP contribution in [0, 0.1) is 0 Å². The predicted octanol–water partition coefficient (Wildman–Crippen LogP) is 2.63. The van der Waals surface area contributed by atoms with Crippen molar-refractivity contribution in [2.75, 3.05) is 138 Å². The van der Waals surface area contributed by atoms with E-state index in [2.05, 4.69) is 21.6 Å². The van der Waals surface area contributed by atoms with Crippen molar-refractivity contribution in [1.82, 2.24) is 14.7 Å². The standard InChI is InChI=1S/C34H73N3O8/c1-2-3-4-5-6-7-8-9-10-11-14-35(15-12-17-36(19-27-42-31-23-38)20-28-43-32-24-39)16-13-18-37(21-29-44-33-25-40)22-30-45-34-26-41/h38-41H,2-34H2,1H3. The Morgan fingerprint density at radius 2 is 0.578 bits per heavy atom. The minimum absolute atomic E-state index is 0.0380. The van der Waals surface area contributed by atoms with E-state index in [-0.39, 0.29) is 26.4 Å². The third-order valence-corrected chi connectivity index (χ3v) is 7.88. The molecule has 0 saturated heterocycles. The fourth-order valence-corrected chi connectivity index (χ4v) is 5.31. The van der Waals surface area contributed by atoms with Crippen LogP contribution in [0.5, 0.6) is 0 Å². The van der Waals surface area contributed by atoms with E-state index >= 15 is 0 Å². The molecule has 0 aliphatic carbocycles. The summed E-state index contributed by atoms with van der Waals surface area (Å²) in [5.41, 5.74) is 0. The lowest BCUT2D eigenvalue weighted by Crippen LogP contribution is -2.37. The molecule has 0 aromatic heterocycles. The summed E-state index contributed by atoms with van der Waals surface area (Å²) >= 11 is 0. The van der Waals surface area contributed by atoms with Crippen LogP contribution in [0.3, 0.4) is 0 Å². The highest BCUT2D eigenvalue weighted by atomic mass is 16.5. The Balaban J connectivity index is 4.81. The largest absolute Gasteiger partial charge is 0.394 e. The molecule has 272 valence electrons. The lowest BCUT2D eigenvalue weighted by molar-refractivity contribution is 0.0482. The maximum absolute atomic E-state index is 9.02. The summed E-state index contributed by atoms with van der Waals surface area (Å²) in [5, 5.41) is 36.1. The van der Waals surface area contributed by atoms with Crippen LogP contribution in [0.1, 0.15) is 84.0 Å². The van der Waals surface area contributed by atoms with E-state index in [1.807, 2.05) is 0 Å². The van der Waals surface area contributed by atoms with Gasteiger partial charge >= 0.3 is 0 Å². The Hall–Kier alpha value is -0.440. The number of aliphatic hydroxyl groups is 4. The number of aliphatic hydroxyl groups excluding tert-OH is 4. The molecule has 0 aromatic rings. The van der Waals surface area contributed by atoms with Gasteiger partial charge < -0.3 is 44.3 Å². The first-order valence-corrected chi connectivity index (χ1v) is 18.1. The fraction of sp³-hybridized carbons (Fsp3) is 1.00. The third kappa shape index (κ3) is 33.3. The Morgan fingerprint density at radius 3 is 0.889 bits per heavy atom. The molecule has 0 aliphatic heterocycles. The molecule has 0 unspecified atom stereocenters. The summed E-state index contributed by atoms with van der Waals surface area (Å²) < 4.78 is 22.1.